The van der Waals surface area contributed by atoms with Crippen molar-refractivity contribution in [2.45, 2.75) is 13.8 Å². The molecule has 25 heavy (non-hydrogen) atoms. The molecule has 3 aromatic rings. The summed E-state index contributed by atoms with van der Waals surface area (Å²) in [5.74, 6) is -4.50. The summed E-state index contributed by atoms with van der Waals surface area (Å²) in [5.41, 5.74) is 1.01. The first-order valence-electron chi connectivity index (χ1n) is 7.36. The number of thiazole rings is 1. The lowest BCUT2D eigenvalue weighted by Crippen LogP contribution is -2.12. The molecule has 1 amide bonds. The number of carbonyl (C=O) groups is 1. The molecule has 0 bridgehead atoms. The van der Waals surface area contributed by atoms with Crippen molar-refractivity contribution in [2.75, 3.05) is 5.32 Å². The van der Waals surface area contributed by atoms with Gasteiger partial charge in [0.05, 0.1) is 10.7 Å². The summed E-state index contributed by atoms with van der Waals surface area (Å²) in [7, 11) is 0. The van der Waals surface area contributed by atoms with E-state index in [9.17, 15) is 18.0 Å². The van der Waals surface area contributed by atoms with Crippen LogP contribution in [0.4, 0.5) is 18.9 Å². The Morgan fingerprint density at radius 3 is 2.40 bits per heavy atom. The lowest BCUT2D eigenvalue weighted by atomic mass is 10.0. The molecule has 0 atom stereocenters. The Bertz CT molecular complexity index is 969. The predicted molar refractivity (Wildman–Crippen MR) is 91.3 cm³/mol. The maximum absolute atomic E-state index is 14.1. The van der Waals surface area contributed by atoms with Crippen LogP contribution >= 0.6 is 11.3 Å². The zero-order chi connectivity index (χ0) is 18.1. The Morgan fingerprint density at radius 2 is 1.72 bits per heavy atom. The topological polar surface area (TPSA) is 42.0 Å². The van der Waals surface area contributed by atoms with Crippen molar-refractivity contribution in [3.05, 3.63) is 69.4 Å². The lowest BCUT2D eigenvalue weighted by molar-refractivity contribution is 0.103. The summed E-state index contributed by atoms with van der Waals surface area (Å²) in [5, 5.41) is 3.44. The second-order valence-corrected chi connectivity index (χ2v) is 6.57. The summed E-state index contributed by atoms with van der Waals surface area (Å²) in [4.78, 5) is 17.1. The van der Waals surface area contributed by atoms with Crippen molar-refractivity contribution in [2.24, 2.45) is 0 Å². The number of benzene rings is 2. The number of hydrogen-bond acceptors (Lipinski definition) is 3. The Kier molecular flexibility index (Phi) is 4.59. The number of rotatable bonds is 3. The molecule has 1 heterocycles. The molecule has 3 nitrogen and oxygen atoms in total. The highest BCUT2D eigenvalue weighted by molar-refractivity contribution is 7.13. The minimum atomic E-state index is -1.55. The smallest absolute Gasteiger partial charge is 0.267 e. The molecule has 3 rings (SSSR count). The van der Waals surface area contributed by atoms with E-state index in [2.05, 4.69) is 10.3 Å². The highest BCUT2D eigenvalue weighted by Crippen LogP contribution is 2.32. The van der Waals surface area contributed by atoms with E-state index in [-0.39, 0.29) is 11.1 Å². The molecule has 0 unspecified atom stereocenters. The van der Waals surface area contributed by atoms with Gasteiger partial charge in [0.15, 0.2) is 17.5 Å². The minimum Gasteiger partial charge on any atom is -0.321 e. The highest BCUT2D eigenvalue weighted by Gasteiger charge is 2.19. The molecule has 0 radical (unpaired) electrons. The van der Waals surface area contributed by atoms with E-state index in [4.69, 9.17) is 0 Å². The molecule has 0 saturated carbocycles. The quantitative estimate of drug-likeness (QED) is 0.659. The Morgan fingerprint density at radius 1 is 1.00 bits per heavy atom. The van der Waals surface area contributed by atoms with Gasteiger partial charge < -0.3 is 5.32 Å². The van der Waals surface area contributed by atoms with Gasteiger partial charge in [0, 0.05) is 16.8 Å². The maximum Gasteiger partial charge on any atom is 0.267 e. The van der Waals surface area contributed by atoms with E-state index in [0.717, 1.165) is 17.1 Å². The monoisotopic (exact) mass is 362 g/mol. The van der Waals surface area contributed by atoms with E-state index < -0.39 is 23.4 Å². The number of anilines is 1. The third kappa shape index (κ3) is 3.28. The summed E-state index contributed by atoms with van der Waals surface area (Å²) < 4.78 is 40.8. The van der Waals surface area contributed by atoms with Crippen molar-refractivity contribution < 1.29 is 18.0 Å². The Balaban J connectivity index is 2.01. The lowest BCUT2D eigenvalue weighted by Gasteiger charge is -2.12. The maximum atomic E-state index is 14.1. The van der Waals surface area contributed by atoms with Crippen LogP contribution in [-0.4, -0.2) is 10.9 Å². The van der Waals surface area contributed by atoms with Gasteiger partial charge >= 0.3 is 0 Å². The first kappa shape index (κ1) is 17.2. The normalized spacial score (nSPS) is 10.8. The number of hydrogen-bond donors (Lipinski definition) is 1. The Hall–Kier alpha value is -2.67. The summed E-state index contributed by atoms with van der Waals surface area (Å²) in [6, 6.07) is 8.35. The van der Waals surface area contributed by atoms with Crippen LogP contribution in [0.15, 0.2) is 36.4 Å². The van der Waals surface area contributed by atoms with E-state index >= 15 is 0 Å². The van der Waals surface area contributed by atoms with Crippen LogP contribution in [0.25, 0.3) is 11.1 Å². The molecule has 1 N–H and O–H groups in total. The van der Waals surface area contributed by atoms with E-state index in [1.54, 1.807) is 32.0 Å². The van der Waals surface area contributed by atoms with Crippen molar-refractivity contribution >= 4 is 22.9 Å². The summed E-state index contributed by atoms with van der Waals surface area (Å²) in [6.45, 7) is 3.51. The number of halogens is 3. The summed E-state index contributed by atoms with van der Waals surface area (Å²) >= 11 is 1.24. The van der Waals surface area contributed by atoms with Crippen LogP contribution in [-0.2, 0) is 0 Å². The SMILES string of the molecule is Cc1nc(C)c(C(=O)Nc2ccccc2-c2ccc(F)c(F)c2F)s1. The third-order valence-corrected chi connectivity index (χ3v) is 4.68. The first-order valence-corrected chi connectivity index (χ1v) is 8.18. The molecule has 1 aromatic heterocycles. The van der Waals surface area contributed by atoms with Crippen LogP contribution in [0, 0.1) is 31.3 Å². The standard InChI is InChI=1S/C18H13F3N2OS/c1-9-17(25-10(2)22-9)18(24)23-14-6-4-3-5-11(14)12-7-8-13(19)16(21)15(12)20/h3-8H,1-2H3,(H,23,24). The molecule has 128 valence electrons. The number of para-hydroxylation sites is 1. The van der Waals surface area contributed by atoms with Crippen LogP contribution in [0.5, 0.6) is 0 Å². The number of nitrogens with zero attached hydrogens (tertiary/aromatic N) is 1. The first-order chi connectivity index (χ1) is 11.9. The van der Waals surface area contributed by atoms with Crippen LogP contribution < -0.4 is 5.32 Å². The van der Waals surface area contributed by atoms with Gasteiger partial charge in [-0.05, 0) is 32.0 Å². The van der Waals surface area contributed by atoms with Gasteiger partial charge in [0.2, 0.25) is 0 Å². The highest BCUT2D eigenvalue weighted by atomic mass is 32.1. The van der Waals surface area contributed by atoms with Gasteiger partial charge in [-0.2, -0.15) is 0 Å². The van der Waals surface area contributed by atoms with Gasteiger partial charge in [0.25, 0.3) is 5.91 Å². The zero-order valence-corrected chi connectivity index (χ0v) is 14.2. The Labute approximate surface area is 146 Å². The van der Waals surface area contributed by atoms with Gasteiger partial charge in [-0.25, -0.2) is 18.2 Å². The fourth-order valence-electron chi connectivity index (χ4n) is 2.48. The van der Waals surface area contributed by atoms with Crippen LogP contribution in [0.3, 0.4) is 0 Å². The van der Waals surface area contributed by atoms with E-state index in [0.29, 0.717) is 16.3 Å². The molecule has 0 saturated heterocycles. The molecule has 0 aliphatic heterocycles. The van der Waals surface area contributed by atoms with E-state index in [1.807, 2.05) is 0 Å². The second kappa shape index (κ2) is 6.68. The third-order valence-electron chi connectivity index (χ3n) is 3.61. The van der Waals surface area contributed by atoms with Crippen LogP contribution in [0.2, 0.25) is 0 Å². The molecule has 7 heteroatoms. The average Bonchev–Trinajstić information content (AvgIpc) is 2.92. The van der Waals surface area contributed by atoms with Gasteiger partial charge in [-0.3, -0.25) is 4.79 Å². The van der Waals surface area contributed by atoms with Crippen LogP contribution in [0.1, 0.15) is 20.4 Å². The number of nitrogens with one attached hydrogen (secondary N) is 1. The minimum absolute atomic E-state index is 0.132. The molecule has 0 aliphatic carbocycles. The van der Waals surface area contributed by atoms with Gasteiger partial charge in [-0.15, -0.1) is 11.3 Å². The van der Waals surface area contributed by atoms with Gasteiger partial charge in [0.1, 0.15) is 4.88 Å². The second-order valence-electron chi connectivity index (χ2n) is 5.37. The zero-order valence-electron chi connectivity index (χ0n) is 13.4. The average molecular weight is 362 g/mol. The number of amides is 1. The summed E-state index contributed by atoms with van der Waals surface area (Å²) in [6.07, 6.45) is 0. The number of aryl methyl sites for hydroxylation is 2. The number of carbonyl (C=O) groups excluding carboxylic acids is 1. The molecular weight excluding hydrogens is 349 g/mol. The van der Waals surface area contributed by atoms with E-state index in [1.165, 1.54) is 17.4 Å². The molecule has 0 spiro atoms. The molecule has 0 aliphatic rings. The predicted octanol–water partition coefficient (Wildman–Crippen LogP) is 5.10. The molecule has 2 aromatic carbocycles. The molecule has 0 fully saturated rings. The van der Waals surface area contributed by atoms with Crippen molar-refractivity contribution in [1.29, 1.82) is 0 Å². The largest absolute Gasteiger partial charge is 0.321 e. The number of aromatic nitrogens is 1. The van der Waals surface area contributed by atoms with Crippen molar-refractivity contribution in [3.8, 4) is 11.1 Å². The van der Waals surface area contributed by atoms with Crippen molar-refractivity contribution in [1.82, 2.24) is 4.98 Å². The van der Waals surface area contributed by atoms with Crippen molar-refractivity contribution in [3.63, 3.8) is 0 Å². The molecular formula is C18H13F3N2OS. The fourth-order valence-corrected chi connectivity index (χ4v) is 3.30. The fraction of sp³-hybridized carbons (Fsp3) is 0.111. The van der Waals surface area contributed by atoms with Gasteiger partial charge in [-0.1, -0.05) is 18.2 Å².